The second kappa shape index (κ2) is 4.43. The number of nitrogens with one attached hydrogen (secondary N) is 1. The second-order valence-corrected chi connectivity index (χ2v) is 4.80. The van der Waals surface area contributed by atoms with E-state index in [-0.39, 0.29) is 17.1 Å². The predicted octanol–water partition coefficient (Wildman–Crippen LogP) is 3.20. The van der Waals surface area contributed by atoms with Crippen LogP contribution in [-0.4, -0.2) is 5.91 Å². The van der Waals surface area contributed by atoms with Crippen molar-refractivity contribution >= 4 is 11.6 Å². The van der Waals surface area contributed by atoms with Crippen LogP contribution >= 0.6 is 0 Å². The fourth-order valence-corrected chi connectivity index (χ4v) is 1.25. The molecule has 0 aliphatic rings. The molecule has 1 aromatic carbocycles. The van der Waals surface area contributed by atoms with E-state index >= 15 is 0 Å². The molecular formula is C12H16FNO. The van der Waals surface area contributed by atoms with Crippen LogP contribution in [0.15, 0.2) is 24.3 Å². The molecule has 0 atom stereocenters. The summed E-state index contributed by atoms with van der Waals surface area (Å²) in [7, 11) is 0. The Hall–Kier alpha value is -1.38. The predicted molar refractivity (Wildman–Crippen MR) is 59.1 cm³/mol. The number of carbonyl (C=O) groups excluding carboxylic acids is 1. The molecule has 0 spiro atoms. The summed E-state index contributed by atoms with van der Waals surface area (Å²) in [5.41, 5.74) is 0.446. The van der Waals surface area contributed by atoms with Gasteiger partial charge in [0.2, 0.25) is 5.91 Å². The van der Waals surface area contributed by atoms with Crippen LogP contribution in [0.5, 0.6) is 0 Å². The molecule has 0 heterocycles. The van der Waals surface area contributed by atoms with E-state index in [1.165, 1.54) is 12.1 Å². The Morgan fingerprint density at radius 2 is 2.07 bits per heavy atom. The van der Waals surface area contributed by atoms with E-state index in [4.69, 9.17) is 0 Å². The summed E-state index contributed by atoms with van der Waals surface area (Å²) >= 11 is 0. The zero-order valence-corrected chi connectivity index (χ0v) is 9.30. The minimum absolute atomic E-state index is 0.0581. The van der Waals surface area contributed by atoms with Gasteiger partial charge in [0.1, 0.15) is 5.82 Å². The third kappa shape index (κ3) is 4.58. The molecule has 0 aliphatic heterocycles. The molecule has 0 radical (unpaired) electrons. The van der Waals surface area contributed by atoms with Crippen LogP contribution in [0.3, 0.4) is 0 Å². The van der Waals surface area contributed by atoms with E-state index in [9.17, 15) is 9.18 Å². The first-order valence-corrected chi connectivity index (χ1v) is 4.92. The lowest BCUT2D eigenvalue weighted by Gasteiger charge is -2.17. The average molecular weight is 209 g/mol. The summed E-state index contributed by atoms with van der Waals surface area (Å²) in [6.07, 6.45) is 0.420. The molecule has 15 heavy (non-hydrogen) atoms. The van der Waals surface area contributed by atoms with Crippen molar-refractivity contribution in [1.82, 2.24) is 0 Å². The summed E-state index contributed by atoms with van der Waals surface area (Å²) in [5, 5.41) is 2.66. The van der Waals surface area contributed by atoms with Crippen molar-refractivity contribution in [2.24, 2.45) is 5.41 Å². The average Bonchev–Trinajstić information content (AvgIpc) is 1.99. The molecule has 0 bridgehead atoms. The lowest BCUT2D eigenvalue weighted by Crippen LogP contribution is -2.19. The molecule has 0 saturated heterocycles. The van der Waals surface area contributed by atoms with Crippen molar-refractivity contribution in [3.8, 4) is 0 Å². The topological polar surface area (TPSA) is 29.1 Å². The van der Waals surface area contributed by atoms with Crippen molar-refractivity contribution in [1.29, 1.82) is 0 Å². The number of anilines is 1. The van der Waals surface area contributed by atoms with E-state index in [0.29, 0.717) is 12.1 Å². The Bertz CT molecular complexity index is 355. The first-order chi connectivity index (χ1) is 6.87. The van der Waals surface area contributed by atoms with Crippen LogP contribution in [0.4, 0.5) is 10.1 Å². The molecule has 1 rings (SSSR count). The summed E-state index contributed by atoms with van der Waals surface area (Å²) in [6, 6.07) is 5.89. The third-order valence-corrected chi connectivity index (χ3v) is 1.80. The van der Waals surface area contributed by atoms with E-state index in [2.05, 4.69) is 5.32 Å². The minimum Gasteiger partial charge on any atom is -0.326 e. The number of benzene rings is 1. The maximum Gasteiger partial charge on any atom is 0.224 e. The minimum atomic E-state index is -0.344. The maximum atomic E-state index is 12.8. The zero-order valence-electron chi connectivity index (χ0n) is 9.30. The molecule has 0 unspecified atom stereocenters. The van der Waals surface area contributed by atoms with E-state index in [1.54, 1.807) is 12.1 Å². The van der Waals surface area contributed by atoms with Crippen LogP contribution in [0.2, 0.25) is 0 Å². The van der Waals surface area contributed by atoms with Gasteiger partial charge < -0.3 is 5.32 Å². The highest BCUT2D eigenvalue weighted by molar-refractivity contribution is 5.91. The SMILES string of the molecule is CC(C)(C)CC(=O)Nc1cccc(F)c1. The van der Waals surface area contributed by atoms with Crippen LogP contribution in [0, 0.1) is 11.2 Å². The molecule has 0 aliphatic carbocycles. The van der Waals surface area contributed by atoms with Gasteiger partial charge in [0.05, 0.1) is 0 Å². The number of hydrogen-bond acceptors (Lipinski definition) is 1. The maximum absolute atomic E-state index is 12.8. The van der Waals surface area contributed by atoms with Gasteiger partial charge in [0.15, 0.2) is 0 Å². The smallest absolute Gasteiger partial charge is 0.224 e. The fraction of sp³-hybridized carbons (Fsp3) is 0.417. The van der Waals surface area contributed by atoms with Gasteiger partial charge in [0.25, 0.3) is 0 Å². The Morgan fingerprint density at radius 1 is 1.40 bits per heavy atom. The van der Waals surface area contributed by atoms with Crippen LogP contribution in [0.25, 0.3) is 0 Å². The fourth-order valence-electron chi connectivity index (χ4n) is 1.25. The first kappa shape index (κ1) is 11.7. The molecule has 82 valence electrons. The quantitative estimate of drug-likeness (QED) is 0.796. The Morgan fingerprint density at radius 3 is 2.60 bits per heavy atom. The van der Waals surface area contributed by atoms with E-state index in [0.717, 1.165) is 0 Å². The van der Waals surface area contributed by atoms with Crippen molar-refractivity contribution in [2.75, 3.05) is 5.32 Å². The molecule has 0 aromatic heterocycles. The number of carbonyl (C=O) groups is 1. The zero-order chi connectivity index (χ0) is 11.5. The van der Waals surface area contributed by atoms with Gasteiger partial charge in [-0.1, -0.05) is 26.8 Å². The van der Waals surface area contributed by atoms with Gasteiger partial charge in [-0.05, 0) is 23.6 Å². The van der Waals surface area contributed by atoms with Gasteiger partial charge in [-0.3, -0.25) is 4.79 Å². The normalized spacial score (nSPS) is 11.2. The Balaban J connectivity index is 2.59. The highest BCUT2D eigenvalue weighted by Gasteiger charge is 2.15. The van der Waals surface area contributed by atoms with Gasteiger partial charge >= 0.3 is 0 Å². The van der Waals surface area contributed by atoms with Gasteiger partial charge in [-0.15, -0.1) is 0 Å². The standard InChI is InChI=1S/C12H16FNO/c1-12(2,3)8-11(15)14-10-6-4-5-9(13)7-10/h4-7H,8H2,1-3H3,(H,14,15). The largest absolute Gasteiger partial charge is 0.326 e. The Kier molecular flexibility index (Phi) is 3.45. The van der Waals surface area contributed by atoms with Crippen LogP contribution < -0.4 is 5.32 Å². The molecule has 3 heteroatoms. The molecule has 0 fully saturated rings. The molecule has 1 aromatic rings. The second-order valence-electron chi connectivity index (χ2n) is 4.80. The van der Waals surface area contributed by atoms with E-state index < -0.39 is 0 Å². The number of hydrogen-bond donors (Lipinski definition) is 1. The summed E-state index contributed by atoms with van der Waals surface area (Å²) in [5.74, 6) is -0.434. The summed E-state index contributed by atoms with van der Waals surface area (Å²) in [6.45, 7) is 5.95. The number of halogens is 1. The summed E-state index contributed by atoms with van der Waals surface area (Å²) < 4.78 is 12.8. The highest BCUT2D eigenvalue weighted by Crippen LogP contribution is 2.19. The van der Waals surface area contributed by atoms with Crippen molar-refractivity contribution < 1.29 is 9.18 Å². The summed E-state index contributed by atoms with van der Waals surface area (Å²) in [4.78, 5) is 11.5. The number of amides is 1. The van der Waals surface area contributed by atoms with E-state index in [1.807, 2.05) is 20.8 Å². The van der Waals surface area contributed by atoms with Crippen LogP contribution in [0.1, 0.15) is 27.2 Å². The van der Waals surface area contributed by atoms with Gasteiger partial charge in [-0.25, -0.2) is 4.39 Å². The molecule has 1 N–H and O–H groups in total. The molecule has 2 nitrogen and oxygen atoms in total. The number of rotatable bonds is 2. The van der Waals surface area contributed by atoms with Crippen molar-refractivity contribution in [3.05, 3.63) is 30.1 Å². The lowest BCUT2D eigenvalue weighted by molar-refractivity contribution is -0.117. The van der Waals surface area contributed by atoms with Crippen LogP contribution in [-0.2, 0) is 4.79 Å². The monoisotopic (exact) mass is 209 g/mol. The molecule has 1 amide bonds. The first-order valence-electron chi connectivity index (χ1n) is 4.92. The van der Waals surface area contributed by atoms with Crippen molar-refractivity contribution in [3.63, 3.8) is 0 Å². The highest BCUT2D eigenvalue weighted by atomic mass is 19.1. The Labute approximate surface area is 89.5 Å². The van der Waals surface area contributed by atoms with Gasteiger partial charge in [0, 0.05) is 12.1 Å². The third-order valence-electron chi connectivity index (χ3n) is 1.80. The lowest BCUT2D eigenvalue weighted by atomic mass is 9.92. The van der Waals surface area contributed by atoms with Gasteiger partial charge in [-0.2, -0.15) is 0 Å². The molecular weight excluding hydrogens is 193 g/mol. The van der Waals surface area contributed by atoms with Crippen molar-refractivity contribution in [2.45, 2.75) is 27.2 Å². The molecule has 0 saturated carbocycles.